The molecule has 2 aromatic rings. The van der Waals surface area contributed by atoms with Gasteiger partial charge in [0.2, 0.25) is 11.8 Å². The third-order valence-electron chi connectivity index (χ3n) is 3.91. The molecule has 136 valence electrons. The molecule has 1 atom stereocenters. The largest absolute Gasteiger partial charge is 0.338 e. The lowest BCUT2D eigenvalue weighted by atomic mass is 9.96. The Bertz CT molecular complexity index is 724. The molecule has 0 radical (unpaired) electrons. The number of hydrogen-bond donors (Lipinski definition) is 1. The van der Waals surface area contributed by atoms with Crippen molar-refractivity contribution in [2.75, 3.05) is 25.2 Å². The zero-order valence-corrected chi connectivity index (χ0v) is 16.5. The molecule has 1 aromatic carbocycles. The van der Waals surface area contributed by atoms with E-state index in [4.69, 9.17) is 4.52 Å². The minimum absolute atomic E-state index is 0.0774. The average molecular weight is 362 g/mol. The first-order chi connectivity index (χ1) is 11.7. The number of carbonyl (C=O) groups is 1. The number of thioether (sulfide) groups is 1. The maximum atomic E-state index is 12.4. The maximum Gasteiger partial charge on any atom is 0.243 e. The van der Waals surface area contributed by atoms with Gasteiger partial charge in [0.15, 0.2) is 5.82 Å². The number of amides is 1. The lowest BCUT2D eigenvalue weighted by Crippen LogP contribution is -2.32. The van der Waals surface area contributed by atoms with Crippen LogP contribution < -0.4 is 5.32 Å². The van der Waals surface area contributed by atoms with Crippen LogP contribution in [0.5, 0.6) is 0 Å². The first-order valence-corrected chi connectivity index (χ1v) is 9.42. The highest BCUT2D eigenvalue weighted by Gasteiger charge is 2.25. The van der Waals surface area contributed by atoms with Crippen molar-refractivity contribution in [3.05, 3.63) is 36.0 Å². The molecule has 1 unspecified atom stereocenters. The molecule has 0 saturated carbocycles. The molecule has 0 bridgehead atoms. The standard InChI is InChI=1S/C18H26N4O2S/c1-12(16-20-17(21-24-16)18(2,3)4)22(5)11-15(23)19-13-9-7-8-10-14(13)25-6/h7-10,12H,11H2,1-6H3,(H,19,23). The van der Waals surface area contributed by atoms with Crippen molar-refractivity contribution >= 4 is 23.4 Å². The zero-order valence-electron chi connectivity index (χ0n) is 15.7. The average Bonchev–Trinajstić information content (AvgIpc) is 3.04. The summed E-state index contributed by atoms with van der Waals surface area (Å²) in [4.78, 5) is 19.8. The Labute approximate surface area is 153 Å². The Morgan fingerprint density at radius 3 is 2.64 bits per heavy atom. The number of hydrogen-bond acceptors (Lipinski definition) is 6. The summed E-state index contributed by atoms with van der Waals surface area (Å²) in [5.41, 5.74) is 0.660. The third kappa shape index (κ3) is 5.06. The molecule has 1 amide bonds. The van der Waals surface area contributed by atoms with Gasteiger partial charge in [-0.2, -0.15) is 4.98 Å². The van der Waals surface area contributed by atoms with Crippen molar-refractivity contribution in [2.45, 2.75) is 44.0 Å². The van der Waals surface area contributed by atoms with Gasteiger partial charge >= 0.3 is 0 Å². The molecule has 6 nitrogen and oxygen atoms in total. The van der Waals surface area contributed by atoms with Gasteiger partial charge in [-0.3, -0.25) is 9.69 Å². The van der Waals surface area contributed by atoms with Crippen LogP contribution in [0.4, 0.5) is 5.69 Å². The van der Waals surface area contributed by atoms with Crippen molar-refractivity contribution in [3.8, 4) is 0 Å². The summed E-state index contributed by atoms with van der Waals surface area (Å²) in [6, 6.07) is 7.61. The minimum atomic E-state index is -0.168. The van der Waals surface area contributed by atoms with Gasteiger partial charge in [0.25, 0.3) is 0 Å². The van der Waals surface area contributed by atoms with Gasteiger partial charge in [-0.15, -0.1) is 11.8 Å². The van der Waals surface area contributed by atoms with Gasteiger partial charge < -0.3 is 9.84 Å². The van der Waals surface area contributed by atoms with Crippen LogP contribution in [0.15, 0.2) is 33.7 Å². The summed E-state index contributed by atoms with van der Waals surface area (Å²) >= 11 is 1.60. The predicted molar refractivity (Wildman–Crippen MR) is 101 cm³/mol. The van der Waals surface area contributed by atoms with E-state index in [-0.39, 0.29) is 23.9 Å². The van der Waals surface area contributed by atoms with Crippen LogP contribution in [0.3, 0.4) is 0 Å². The number of nitrogens with zero attached hydrogens (tertiary/aromatic N) is 3. The van der Waals surface area contributed by atoms with Crippen LogP contribution in [-0.2, 0) is 10.2 Å². The van der Waals surface area contributed by atoms with Gasteiger partial charge in [0, 0.05) is 10.3 Å². The highest BCUT2D eigenvalue weighted by Crippen LogP contribution is 2.25. The second kappa shape index (κ2) is 8.01. The normalized spacial score (nSPS) is 13.1. The number of benzene rings is 1. The Morgan fingerprint density at radius 1 is 1.36 bits per heavy atom. The summed E-state index contributed by atoms with van der Waals surface area (Å²) in [6.45, 7) is 8.28. The van der Waals surface area contributed by atoms with Gasteiger partial charge in [-0.05, 0) is 32.4 Å². The summed E-state index contributed by atoms with van der Waals surface area (Å²) in [5, 5.41) is 7.00. The summed E-state index contributed by atoms with van der Waals surface area (Å²) in [6.07, 6.45) is 1.99. The van der Waals surface area contributed by atoms with Crippen molar-refractivity contribution in [1.29, 1.82) is 0 Å². The van der Waals surface area contributed by atoms with Gasteiger partial charge in [0.1, 0.15) is 0 Å². The second-order valence-corrected chi connectivity index (χ2v) is 7.89. The molecule has 1 N–H and O–H groups in total. The van der Waals surface area contributed by atoms with E-state index in [9.17, 15) is 4.79 Å². The molecule has 1 aromatic heterocycles. The lowest BCUT2D eigenvalue weighted by molar-refractivity contribution is -0.117. The molecule has 1 heterocycles. The number of rotatable bonds is 6. The van der Waals surface area contributed by atoms with Gasteiger partial charge in [0.05, 0.1) is 18.3 Å². The fourth-order valence-electron chi connectivity index (χ4n) is 2.20. The highest BCUT2D eigenvalue weighted by molar-refractivity contribution is 7.98. The number of aromatic nitrogens is 2. The van der Waals surface area contributed by atoms with Crippen LogP contribution in [0.25, 0.3) is 0 Å². The van der Waals surface area contributed by atoms with E-state index < -0.39 is 0 Å². The smallest absolute Gasteiger partial charge is 0.243 e. The molecule has 7 heteroatoms. The number of carbonyl (C=O) groups excluding carboxylic acids is 1. The fraction of sp³-hybridized carbons (Fsp3) is 0.500. The first kappa shape index (κ1) is 19.5. The Kier molecular flexibility index (Phi) is 6.24. The first-order valence-electron chi connectivity index (χ1n) is 8.19. The van der Waals surface area contributed by atoms with Crippen molar-refractivity contribution in [1.82, 2.24) is 15.0 Å². The number of nitrogens with one attached hydrogen (secondary N) is 1. The molecule has 25 heavy (non-hydrogen) atoms. The number of para-hydroxylation sites is 1. The van der Waals surface area contributed by atoms with Gasteiger partial charge in [-0.25, -0.2) is 0 Å². The van der Waals surface area contributed by atoms with Crippen LogP contribution >= 0.6 is 11.8 Å². The molecule has 0 spiro atoms. The second-order valence-electron chi connectivity index (χ2n) is 7.05. The summed E-state index contributed by atoms with van der Waals surface area (Å²) in [5.74, 6) is 1.11. The van der Waals surface area contributed by atoms with E-state index in [0.29, 0.717) is 11.7 Å². The topological polar surface area (TPSA) is 71.3 Å². The monoisotopic (exact) mass is 362 g/mol. The van der Waals surface area contributed by atoms with E-state index in [1.165, 1.54) is 0 Å². The molecule has 0 aliphatic heterocycles. The highest BCUT2D eigenvalue weighted by atomic mass is 32.2. The molecule has 0 aliphatic rings. The Morgan fingerprint density at radius 2 is 2.04 bits per heavy atom. The van der Waals surface area contributed by atoms with Crippen molar-refractivity contribution < 1.29 is 9.32 Å². The zero-order chi connectivity index (χ0) is 18.6. The Hall–Kier alpha value is -1.86. The third-order valence-corrected chi connectivity index (χ3v) is 4.70. The molecule has 0 saturated heterocycles. The van der Waals surface area contributed by atoms with E-state index in [2.05, 4.69) is 15.5 Å². The van der Waals surface area contributed by atoms with Crippen molar-refractivity contribution in [3.63, 3.8) is 0 Å². The fourth-order valence-corrected chi connectivity index (χ4v) is 2.75. The van der Waals surface area contributed by atoms with E-state index >= 15 is 0 Å². The predicted octanol–water partition coefficient (Wildman–Crippen LogP) is 3.72. The molecular formula is C18H26N4O2S. The number of likely N-dealkylation sites (N-methyl/N-ethyl adjacent to an activating group) is 1. The van der Waals surface area contributed by atoms with Crippen LogP contribution in [0.1, 0.15) is 45.5 Å². The summed E-state index contributed by atoms with van der Waals surface area (Å²) < 4.78 is 5.37. The quantitative estimate of drug-likeness (QED) is 0.790. The van der Waals surface area contributed by atoms with Crippen LogP contribution in [0.2, 0.25) is 0 Å². The van der Waals surface area contributed by atoms with Crippen molar-refractivity contribution in [2.24, 2.45) is 0 Å². The summed E-state index contributed by atoms with van der Waals surface area (Å²) in [7, 11) is 1.87. The molecule has 2 rings (SSSR count). The maximum absolute atomic E-state index is 12.4. The van der Waals surface area contributed by atoms with E-state index in [0.717, 1.165) is 10.6 Å². The minimum Gasteiger partial charge on any atom is -0.338 e. The molecule has 0 fully saturated rings. The van der Waals surface area contributed by atoms with Crippen LogP contribution in [-0.4, -0.2) is 40.8 Å². The van der Waals surface area contributed by atoms with Gasteiger partial charge in [-0.1, -0.05) is 38.1 Å². The SMILES string of the molecule is CSc1ccccc1NC(=O)CN(C)C(C)c1nc(C(C)(C)C)no1. The van der Waals surface area contributed by atoms with E-state index in [1.807, 2.05) is 70.2 Å². The number of anilines is 1. The molecular weight excluding hydrogens is 336 g/mol. The van der Waals surface area contributed by atoms with Crippen LogP contribution in [0, 0.1) is 0 Å². The lowest BCUT2D eigenvalue weighted by Gasteiger charge is -2.21. The Balaban J connectivity index is 1.99. The molecule has 0 aliphatic carbocycles. The van der Waals surface area contributed by atoms with E-state index in [1.54, 1.807) is 11.8 Å².